The number of aryl methyl sites for hydroxylation is 1. The Kier molecular flexibility index (Phi) is 4.55. The highest BCUT2D eigenvalue weighted by atomic mass is 16.6. The third-order valence-corrected chi connectivity index (χ3v) is 3.64. The minimum absolute atomic E-state index is 0.00620. The van der Waals surface area contributed by atoms with E-state index in [1.54, 1.807) is 30.6 Å². The van der Waals surface area contributed by atoms with Gasteiger partial charge in [0.1, 0.15) is 12.1 Å². The van der Waals surface area contributed by atoms with Crippen molar-refractivity contribution in [1.82, 2.24) is 20.1 Å². The van der Waals surface area contributed by atoms with Gasteiger partial charge in [0, 0.05) is 24.2 Å². The van der Waals surface area contributed by atoms with Gasteiger partial charge in [-0.25, -0.2) is 0 Å². The third-order valence-electron chi connectivity index (χ3n) is 3.64. The molecule has 1 N–H and O–H groups in total. The van der Waals surface area contributed by atoms with Crippen LogP contribution in [0.4, 0.5) is 5.69 Å². The minimum atomic E-state index is -0.472. The molecule has 0 fully saturated rings. The van der Waals surface area contributed by atoms with Gasteiger partial charge < -0.3 is 14.3 Å². The normalized spacial score (nSPS) is 10.6. The van der Waals surface area contributed by atoms with Gasteiger partial charge >= 0.3 is 0 Å². The number of nitro benzene ring substituents is 1. The van der Waals surface area contributed by atoms with Gasteiger partial charge in [-0.1, -0.05) is 0 Å². The lowest BCUT2D eigenvalue weighted by Gasteiger charge is -2.04. The Morgan fingerprint density at radius 3 is 2.72 bits per heavy atom. The van der Waals surface area contributed by atoms with E-state index in [4.69, 9.17) is 4.42 Å². The molecular formula is C16H15N5O4. The number of hydrogen-bond donors (Lipinski definition) is 1. The molecule has 0 spiro atoms. The van der Waals surface area contributed by atoms with E-state index in [0.717, 1.165) is 0 Å². The van der Waals surface area contributed by atoms with Crippen LogP contribution in [0.15, 0.2) is 47.1 Å². The molecule has 0 aliphatic rings. The van der Waals surface area contributed by atoms with Crippen molar-refractivity contribution < 1.29 is 14.1 Å². The number of non-ortho nitro benzene ring substituents is 1. The van der Waals surface area contributed by atoms with E-state index in [-0.39, 0.29) is 23.9 Å². The van der Waals surface area contributed by atoms with Crippen molar-refractivity contribution in [3.05, 3.63) is 64.4 Å². The fourth-order valence-corrected chi connectivity index (χ4v) is 2.29. The van der Waals surface area contributed by atoms with E-state index in [9.17, 15) is 14.9 Å². The Morgan fingerprint density at radius 2 is 2.04 bits per heavy atom. The Balaban J connectivity index is 1.68. The van der Waals surface area contributed by atoms with E-state index < -0.39 is 4.92 Å². The molecule has 0 saturated carbocycles. The van der Waals surface area contributed by atoms with Gasteiger partial charge in [0.05, 0.1) is 11.5 Å². The van der Waals surface area contributed by atoms with Gasteiger partial charge in [0.25, 0.3) is 11.6 Å². The molecule has 2 aromatic heterocycles. The number of nitro groups is 1. The number of benzene rings is 1. The van der Waals surface area contributed by atoms with E-state index in [2.05, 4.69) is 15.5 Å². The maximum atomic E-state index is 12.2. The van der Waals surface area contributed by atoms with Crippen molar-refractivity contribution in [3.63, 3.8) is 0 Å². The standard InChI is InChI=1S/C16H15N5O4/c1-2-20-10-18-19-15(20)9-17-16(22)14-8-7-13(25-14)11-3-5-12(6-4-11)21(23)24/h3-8,10H,2,9H2,1H3,(H,17,22). The van der Waals surface area contributed by atoms with E-state index in [1.165, 1.54) is 12.1 Å². The van der Waals surface area contributed by atoms with E-state index in [1.807, 2.05) is 11.5 Å². The van der Waals surface area contributed by atoms with Gasteiger partial charge in [0.15, 0.2) is 11.6 Å². The number of nitrogens with one attached hydrogen (secondary N) is 1. The van der Waals surface area contributed by atoms with Crippen LogP contribution in [0.25, 0.3) is 11.3 Å². The number of furan rings is 1. The summed E-state index contributed by atoms with van der Waals surface area (Å²) in [5, 5.41) is 21.1. The molecule has 2 heterocycles. The van der Waals surface area contributed by atoms with E-state index >= 15 is 0 Å². The topological polar surface area (TPSA) is 116 Å². The van der Waals surface area contributed by atoms with Gasteiger partial charge in [-0.3, -0.25) is 14.9 Å². The van der Waals surface area contributed by atoms with Crippen LogP contribution in [0.3, 0.4) is 0 Å². The first-order valence-corrected chi connectivity index (χ1v) is 7.58. The first-order chi connectivity index (χ1) is 12.1. The van der Waals surface area contributed by atoms with Crippen LogP contribution in [0, 0.1) is 10.1 Å². The Bertz CT molecular complexity index is 897. The average molecular weight is 341 g/mol. The van der Waals surface area contributed by atoms with Crippen molar-refractivity contribution in [1.29, 1.82) is 0 Å². The molecule has 0 aliphatic heterocycles. The fourth-order valence-electron chi connectivity index (χ4n) is 2.29. The summed E-state index contributed by atoms with van der Waals surface area (Å²) in [5.74, 6) is 0.879. The van der Waals surface area contributed by atoms with Gasteiger partial charge in [0.2, 0.25) is 0 Å². The van der Waals surface area contributed by atoms with Gasteiger partial charge in [-0.05, 0) is 31.2 Å². The van der Waals surface area contributed by atoms with Crippen LogP contribution in [-0.2, 0) is 13.1 Å². The highest BCUT2D eigenvalue weighted by Gasteiger charge is 2.14. The Morgan fingerprint density at radius 1 is 1.28 bits per heavy atom. The van der Waals surface area contributed by atoms with Crippen molar-refractivity contribution in [3.8, 4) is 11.3 Å². The third kappa shape index (κ3) is 3.55. The van der Waals surface area contributed by atoms with Crippen LogP contribution in [0.5, 0.6) is 0 Å². The summed E-state index contributed by atoms with van der Waals surface area (Å²) in [5.41, 5.74) is 0.642. The van der Waals surface area contributed by atoms with Crippen LogP contribution in [-0.4, -0.2) is 25.6 Å². The molecule has 128 valence electrons. The lowest BCUT2D eigenvalue weighted by Crippen LogP contribution is -2.24. The smallest absolute Gasteiger partial charge is 0.287 e. The Labute approximate surface area is 142 Å². The molecule has 0 aliphatic carbocycles. The molecule has 9 nitrogen and oxygen atoms in total. The molecule has 3 rings (SSSR count). The number of aromatic nitrogens is 3. The summed E-state index contributed by atoms with van der Waals surface area (Å²) in [7, 11) is 0. The summed E-state index contributed by atoms with van der Waals surface area (Å²) in [6, 6.07) is 9.11. The SMILES string of the molecule is CCn1cnnc1CNC(=O)c1ccc(-c2ccc([N+](=O)[O-])cc2)o1. The summed E-state index contributed by atoms with van der Waals surface area (Å²) >= 11 is 0. The first kappa shape index (κ1) is 16.4. The second-order valence-electron chi connectivity index (χ2n) is 5.18. The highest BCUT2D eigenvalue weighted by molar-refractivity contribution is 5.92. The van der Waals surface area contributed by atoms with Gasteiger partial charge in [-0.15, -0.1) is 10.2 Å². The molecule has 0 unspecified atom stereocenters. The number of nitrogens with zero attached hydrogens (tertiary/aromatic N) is 4. The highest BCUT2D eigenvalue weighted by Crippen LogP contribution is 2.24. The summed E-state index contributed by atoms with van der Waals surface area (Å²) in [6.45, 7) is 2.90. The summed E-state index contributed by atoms with van der Waals surface area (Å²) in [6.07, 6.45) is 1.60. The second-order valence-corrected chi connectivity index (χ2v) is 5.18. The van der Waals surface area contributed by atoms with Crippen molar-refractivity contribution in [2.45, 2.75) is 20.0 Å². The maximum absolute atomic E-state index is 12.2. The Hall–Kier alpha value is -3.49. The second kappa shape index (κ2) is 6.95. The maximum Gasteiger partial charge on any atom is 0.287 e. The molecule has 9 heteroatoms. The first-order valence-electron chi connectivity index (χ1n) is 7.58. The van der Waals surface area contributed by atoms with Crippen LogP contribution in [0.2, 0.25) is 0 Å². The van der Waals surface area contributed by atoms with Crippen LogP contribution in [0.1, 0.15) is 23.3 Å². The van der Waals surface area contributed by atoms with Crippen LogP contribution >= 0.6 is 0 Å². The molecule has 3 aromatic rings. The molecule has 0 bridgehead atoms. The van der Waals surface area contributed by atoms with E-state index in [0.29, 0.717) is 23.7 Å². The summed E-state index contributed by atoms with van der Waals surface area (Å²) < 4.78 is 7.36. The molecule has 0 radical (unpaired) electrons. The van der Waals surface area contributed by atoms with Crippen molar-refractivity contribution in [2.24, 2.45) is 0 Å². The zero-order valence-corrected chi connectivity index (χ0v) is 13.4. The van der Waals surface area contributed by atoms with Crippen molar-refractivity contribution >= 4 is 11.6 Å². The molecule has 25 heavy (non-hydrogen) atoms. The lowest BCUT2D eigenvalue weighted by molar-refractivity contribution is -0.384. The number of amides is 1. The lowest BCUT2D eigenvalue weighted by atomic mass is 10.1. The predicted octanol–water partition coefficient (Wildman–Crippen LogP) is 2.40. The largest absolute Gasteiger partial charge is 0.451 e. The predicted molar refractivity (Wildman–Crippen MR) is 87.7 cm³/mol. The molecule has 0 saturated heterocycles. The average Bonchev–Trinajstić information content (AvgIpc) is 3.29. The molecule has 1 aromatic carbocycles. The molecule has 0 atom stereocenters. The van der Waals surface area contributed by atoms with Crippen molar-refractivity contribution in [2.75, 3.05) is 0 Å². The zero-order valence-electron chi connectivity index (χ0n) is 13.4. The summed E-state index contributed by atoms with van der Waals surface area (Å²) in [4.78, 5) is 22.4. The molecule has 1 amide bonds. The monoisotopic (exact) mass is 341 g/mol. The number of carbonyl (C=O) groups is 1. The quantitative estimate of drug-likeness (QED) is 0.543. The van der Waals surface area contributed by atoms with Crippen LogP contribution < -0.4 is 5.32 Å². The molecular weight excluding hydrogens is 326 g/mol. The number of hydrogen-bond acceptors (Lipinski definition) is 6. The fraction of sp³-hybridized carbons (Fsp3) is 0.188. The number of carbonyl (C=O) groups excluding carboxylic acids is 1. The van der Waals surface area contributed by atoms with Gasteiger partial charge in [-0.2, -0.15) is 0 Å². The number of rotatable bonds is 6. The zero-order chi connectivity index (χ0) is 17.8. The minimum Gasteiger partial charge on any atom is -0.451 e.